The molecule has 1 aromatic carbocycles. The summed E-state index contributed by atoms with van der Waals surface area (Å²) in [5.41, 5.74) is -0.700. The lowest BCUT2D eigenvalue weighted by Gasteiger charge is -2.21. The number of ether oxygens (including phenoxy) is 2. The van der Waals surface area contributed by atoms with Crippen molar-refractivity contribution in [2.75, 3.05) is 19.1 Å². The fourth-order valence-corrected chi connectivity index (χ4v) is 6.96. The van der Waals surface area contributed by atoms with E-state index in [2.05, 4.69) is 4.98 Å². The molecule has 5 atom stereocenters. The minimum atomic E-state index is -4.72. The molecule has 0 saturated carbocycles. The summed E-state index contributed by atoms with van der Waals surface area (Å²) in [6.07, 6.45) is -1.81. The maximum atomic E-state index is 12.5. The van der Waals surface area contributed by atoms with Crippen LogP contribution in [0.4, 0.5) is 5.69 Å². The number of hydrogen-bond donors (Lipinski definition) is 3. The lowest BCUT2D eigenvalue weighted by Crippen LogP contribution is -2.33. The van der Waals surface area contributed by atoms with Gasteiger partial charge in [0.1, 0.15) is 18.4 Å². The quantitative estimate of drug-likeness (QED) is 0.138. The highest BCUT2D eigenvalue weighted by Crippen LogP contribution is 2.58. The molecule has 39 heavy (non-hydrogen) atoms. The SMILES string of the molecule is CC(=O)O[C@H]1C[C@H](n2cc(C)c(=O)[nH]c2=O)O[C@@H]1COP(=O)(O)CP(=O)(O)OCCc1ccc([N+](=O)[O-])cc1. The number of nitro groups is 1. The van der Waals surface area contributed by atoms with Gasteiger partial charge in [-0.15, -0.1) is 0 Å². The molecule has 0 bridgehead atoms. The average Bonchev–Trinajstić information content (AvgIpc) is 3.21. The standard InChI is InChI=1S/C21H27N3O13P2/c1-13-10-23(21(27)22-20(13)26)19-9-17(36-14(2)25)18(37-19)11-35-39(32,33)12-38(30,31)34-8-7-15-3-5-16(6-4-15)24(28)29/h3-6,10,17-19H,7-9,11-12H2,1-2H3,(H,30,31)(H,32,33)(H,22,26,27)/t17-,18+,19+/m0/s1. The molecule has 3 rings (SSSR count). The zero-order valence-corrected chi connectivity index (χ0v) is 22.6. The monoisotopic (exact) mass is 591 g/mol. The molecule has 1 aliphatic rings. The van der Waals surface area contributed by atoms with E-state index in [0.717, 1.165) is 11.5 Å². The summed E-state index contributed by atoms with van der Waals surface area (Å²) in [5.74, 6) is -1.93. The first-order valence-electron chi connectivity index (χ1n) is 11.5. The Hall–Kier alpha value is -2.97. The van der Waals surface area contributed by atoms with Gasteiger partial charge in [0.15, 0.2) is 5.90 Å². The van der Waals surface area contributed by atoms with Crippen LogP contribution in [0.3, 0.4) is 0 Å². The van der Waals surface area contributed by atoms with Gasteiger partial charge in [-0.3, -0.25) is 38.4 Å². The third-order valence-electron chi connectivity index (χ3n) is 5.58. The van der Waals surface area contributed by atoms with E-state index in [1.807, 2.05) is 0 Å². The number of nitrogens with one attached hydrogen (secondary N) is 1. The number of hydrogen-bond acceptors (Lipinski definition) is 11. The van der Waals surface area contributed by atoms with Crippen molar-refractivity contribution in [1.82, 2.24) is 9.55 Å². The molecule has 0 radical (unpaired) electrons. The molecule has 1 aromatic heterocycles. The number of aromatic nitrogens is 2. The van der Waals surface area contributed by atoms with E-state index in [1.54, 1.807) is 0 Å². The summed E-state index contributed by atoms with van der Waals surface area (Å²) >= 11 is 0. The first-order chi connectivity index (χ1) is 18.2. The Labute approximate surface area is 220 Å². The van der Waals surface area contributed by atoms with Crippen LogP contribution in [-0.4, -0.2) is 61.6 Å². The minimum Gasteiger partial charge on any atom is -0.460 e. The summed E-state index contributed by atoms with van der Waals surface area (Å²) in [6.45, 7) is 1.65. The van der Waals surface area contributed by atoms with Crippen LogP contribution in [0.25, 0.3) is 0 Å². The molecule has 0 spiro atoms. The van der Waals surface area contributed by atoms with E-state index in [0.29, 0.717) is 5.56 Å². The van der Waals surface area contributed by atoms with Crippen LogP contribution in [0, 0.1) is 17.0 Å². The number of nitrogens with zero attached hydrogens (tertiary/aromatic N) is 2. The fraction of sp³-hybridized carbons (Fsp3) is 0.476. The van der Waals surface area contributed by atoms with Crippen LogP contribution in [0.5, 0.6) is 0 Å². The van der Waals surface area contributed by atoms with Crippen molar-refractivity contribution in [3.05, 3.63) is 72.5 Å². The van der Waals surface area contributed by atoms with Gasteiger partial charge in [0.25, 0.3) is 11.2 Å². The van der Waals surface area contributed by atoms with Crippen molar-refractivity contribution >= 4 is 26.8 Å². The van der Waals surface area contributed by atoms with Crippen LogP contribution < -0.4 is 11.2 Å². The maximum Gasteiger partial charge on any atom is 0.340 e. The normalized spacial score (nSPS) is 22.1. The third-order valence-corrected chi connectivity index (χ3v) is 9.58. The van der Waals surface area contributed by atoms with Crippen molar-refractivity contribution in [2.24, 2.45) is 0 Å². The van der Waals surface area contributed by atoms with E-state index in [1.165, 1.54) is 37.4 Å². The van der Waals surface area contributed by atoms with Gasteiger partial charge in [0.2, 0.25) is 0 Å². The topological polar surface area (TPSA) is 227 Å². The molecular formula is C21H27N3O13P2. The molecular weight excluding hydrogens is 564 g/mol. The molecule has 2 unspecified atom stereocenters. The zero-order chi connectivity index (χ0) is 29.0. The molecule has 3 N–H and O–H groups in total. The van der Waals surface area contributed by atoms with Crippen molar-refractivity contribution in [1.29, 1.82) is 0 Å². The highest BCUT2D eigenvalue weighted by molar-refractivity contribution is 7.70. The molecule has 0 aliphatic carbocycles. The number of nitro benzene ring substituents is 1. The second-order valence-electron chi connectivity index (χ2n) is 8.71. The van der Waals surface area contributed by atoms with E-state index < -0.39 is 68.3 Å². The Kier molecular flexibility index (Phi) is 9.78. The molecule has 1 fully saturated rings. The number of H-pyrrole nitrogens is 1. The van der Waals surface area contributed by atoms with Gasteiger partial charge in [-0.05, 0) is 18.9 Å². The van der Waals surface area contributed by atoms with Gasteiger partial charge < -0.3 is 28.3 Å². The second kappa shape index (κ2) is 12.5. The number of non-ortho nitro benzene ring substituents is 1. The molecule has 2 heterocycles. The number of aromatic amines is 1. The minimum absolute atomic E-state index is 0.0427. The van der Waals surface area contributed by atoms with Crippen LogP contribution in [0.15, 0.2) is 40.1 Å². The highest BCUT2D eigenvalue weighted by Gasteiger charge is 2.42. The Bertz CT molecular complexity index is 1420. The summed E-state index contributed by atoms with van der Waals surface area (Å²) < 4.78 is 46.8. The molecule has 0 amide bonds. The van der Waals surface area contributed by atoms with Gasteiger partial charge in [0, 0.05) is 37.2 Å². The van der Waals surface area contributed by atoms with Crippen LogP contribution >= 0.6 is 15.2 Å². The molecule has 214 valence electrons. The Balaban J connectivity index is 1.58. The van der Waals surface area contributed by atoms with E-state index in [9.17, 15) is 43.4 Å². The summed E-state index contributed by atoms with van der Waals surface area (Å²) in [4.78, 5) is 67.9. The Morgan fingerprint density at radius 3 is 2.46 bits per heavy atom. The number of rotatable bonds is 12. The second-order valence-corrected chi connectivity index (χ2v) is 12.9. The lowest BCUT2D eigenvalue weighted by molar-refractivity contribution is -0.384. The average molecular weight is 591 g/mol. The van der Waals surface area contributed by atoms with Crippen molar-refractivity contribution in [3.63, 3.8) is 0 Å². The first kappa shape index (κ1) is 30.6. The number of benzene rings is 1. The Morgan fingerprint density at radius 1 is 1.21 bits per heavy atom. The van der Waals surface area contributed by atoms with Crippen molar-refractivity contribution in [2.45, 2.75) is 45.1 Å². The molecule has 18 heteroatoms. The van der Waals surface area contributed by atoms with Gasteiger partial charge in [0.05, 0.1) is 18.1 Å². The summed E-state index contributed by atoms with van der Waals surface area (Å²) in [7, 11) is -9.33. The third kappa shape index (κ3) is 8.77. The molecule has 1 aliphatic heterocycles. The molecule has 1 saturated heterocycles. The maximum absolute atomic E-state index is 12.5. The first-order valence-corrected chi connectivity index (χ1v) is 15.0. The van der Waals surface area contributed by atoms with Crippen molar-refractivity contribution in [3.8, 4) is 0 Å². The summed E-state index contributed by atoms with van der Waals surface area (Å²) in [6, 6.07) is 5.41. The van der Waals surface area contributed by atoms with Crippen LogP contribution in [0.1, 0.15) is 30.7 Å². The summed E-state index contributed by atoms with van der Waals surface area (Å²) in [5, 5.41) is 10.7. The predicted molar refractivity (Wildman–Crippen MR) is 133 cm³/mol. The number of carbonyl (C=O) groups is 1. The smallest absolute Gasteiger partial charge is 0.340 e. The largest absolute Gasteiger partial charge is 0.460 e. The number of aryl methyl sites for hydroxylation is 1. The van der Waals surface area contributed by atoms with Gasteiger partial charge in [-0.2, -0.15) is 0 Å². The van der Waals surface area contributed by atoms with Gasteiger partial charge in [-0.25, -0.2) is 4.79 Å². The van der Waals surface area contributed by atoms with E-state index in [-0.39, 0.29) is 30.7 Å². The number of carbonyl (C=O) groups excluding carboxylic acids is 1. The zero-order valence-electron chi connectivity index (χ0n) is 20.8. The Morgan fingerprint density at radius 2 is 1.85 bits per heavy atom. The predicted octanol–water partition coefficient (Wildman–Crippen LogP) is 1.58. The van der Waals surface area contributed by atoms with Gasteiger partial charge in [-0.1, -0.05) is 12.1 Å². The highest BCUT2D eigenvalue weighted by atomic mass is 31.2. The van der Waals surface area contributed by atoms with E-state index in [4.69, 9.17) is 18.5 Å². The number of esters is 1. The molecule has 2 aromatic rings. The molecule has 16 nitrogen and oxygen atoms in total. The van der Waals surface area contributed by atoms with Crippen molar-refractivity contribution < 1.29 is 47.2 Å². The van der Waals surface area contributed by atoms with Crippen LogP contribution in [0.2, 0.25) is 0 Å². The van der Waals surface area contributed by atoms with Crippen LogP contribution in [-0.2, 0) is 38.9 Å². The van der Waals surface area contributed by atoms with E-state index >= 15 is 0 Å². The lowest BCUT2D eigenvalue weighted by atomic mass is 10.1. The fourth-order valence-electron chi connectivity index (χ4n) is 3.75. The van der Waals surface area contributed by atoms with Gasteiger partial charge >= 0.3 is 26.9 Å².